The van der Waals surface area contributed by atoms with Gasteiger partial charge in [0.1, 0.15) is 6.10 Å². The Morgan fingerprint density at radius 1 is 0.467 bits per heavy atom. The number of ether oxygens (including phenoxy) is 1. The first-order chi connectivity index (χ1) is 29.5. The number of esters is 1. The predicted octanol–water partition coefficient (Wildman–Crippen LogP) is 16.1. The van der Waals surface area contributed by atoms with Gasteiger partial charge in [0.25, 0.3) is 0 Å². The first kappa shape index (κ1) is 58.6. The number of aliphatic hydroxyl groups excluding tert-OH is 2. The summed E-state index contributed by atoms with van der Waals surface area (Å²) in [5.74, 6) is -0.463. The molecular weight excluding hydrogens is 743 g/mol. The highest BCUT2D eigenvalue weighted by molar-refractivity contribution is 5.77. The van der Waals surface area contributed by atoms with Crippen LogP contribution in [-0.4, -0.2) is 46.9 Å². The van der Waals surface area contributed by atoms with Crippen LogP contribution in [0.2, 0.25) is 0 Å². The molecule has 3 unspecified atom stereocenters. The Hall–Kier alpha value is -1.40. The third-order valence-electron chi connectivity index (χ3n) is 12.6. The summed E-state index contributed by atoms with van der Waals surface area (Å²) in [7, 11) is 0. The minimum Gasteiger partial charge on any atom is -0.462 e. The molecule has 0 aliphatic carbocycles. The fourth-order valence-corrected chi connectivity index (χ4v) is 8.49. The van der Waals surface area contributed by atoms with Gasteiger partial charge in [0.15, 0.2) is 0 Å². The molecule has 0 aromatic rings. The van der Waals surface area contributed by atoms with Gasteiger partial charge in [-0.3, -0.25) is 9.59 Å². The van der Waals surface area contributed by atoms with Crippen LogP contribution in [0.5, 0.6) is 0 Å². The van der Waals surface area contributed by atoms with Crippen LogP contribution in [-0.2, 0) is 14.3 Å². The zero-order chi connectivity index (χ0) is 43.8. The molecule has 0 aromatic carbocycles. The van der Waals surface area contributed by atoms with Crippen molar-refractivity contribution in [2.24, 2.45) is 0 Å². The normalized spacial score (nSPS) is 13.2. The second kappa shape index (κ2) is 48.6. The molecule has 0 aliphatic rings. The topological polar surface area (TPSA) is 95.9 Å². The molecule has 0 rings (SSSR count). The predicted molar refractivity (Wildman–Crippen MR) is 260 cm³/mol. The fourth-order valence-electron chi connectivity index (χ4n) is 8.49. The third-order valence-corrected chi connectivity index (χ3v) is 12.6. The maximum absolute atomic E-state index is 13.2. The summed E-state index contributed by atoms with van der Waals surface area (Å²) in [6.45, 7) is 6.49. The monoisotopic (exact) mass is 848 g/mol. The number of carbonyl (C=O) groups excluding carboxylic acids is 2. The SMILES string of the molecule is CCCCCC/C=C\CCCCCCCC(CC(=O)NC(CO)C(O)CCCCCCCCCCCCC)OC(=O)CCCCCCCCCCCCCCCCCCC. The van der Waals surface area contributed by atoms with Crippen LogP contribution in [0.15, 0.2) is 12.2 Å². The zero-order valence-electron chi connectivity index (χ0n) is 40.6. The van der Waals surface area contributed by atoms with Crippen molar-refractivity contribution >= 4 is 11.9 Å². The van der Waals surface area contributed by atoms with E-state index in [1.54, 1.807) is 0 Å². The molecule has 0 radical (unpaired) electrons. The number of hydrogen-bond acceptors (Lipinski definition) is 5. The maximum Gasteiger partial charge on any atom is 0.306 e. The fraction of sp³-hybridized carbons (Fsp3) is 0.926. The Labute approximate surface area is 374 Å². The molecule has 0 saturated carbocycles. The molecular formula is C54H105NO5. The Bertz CT molecular complexity index is 909. The smallest absolute Gasteiger partial charge is 0.306 e. The van der Waals surface area contributed by atoms with Gasteiger partial charge in [0, 0.05) is 6.42 Å². The van der Waals surface area contributed by atoms with Crippen LogP contribution in [0.4, 0.5) is 0 Å². The first-order valence-electron chi connectivity index (χ1n) is 26.9. The second-order valence-corrected chi connectivity index (χ2v) is 18.6. The summed E-state index contributed by atoms with van der Waals surface area (Å²) in [6, 6.07) is -0.697. The molecule has 60 heavy (non-hydrogen) atoms. The van der Waals surface area contributed by atoms with Gasteiger partial charge in [0.05, 0.1) is 25.2 Å². The number of aliphatic hydroxyl groups is 2. The molecule has 0 saturated heterocycles. The van der Waals surface area contributed by atoms with Gasteiger partial charge in [0.2, 0.25) is 5.91 Å². The summed E-state index contributed by atoms with van der Waals surface area (Å²) in [6.07, 6.45) is 54.2. The van der Waals surface area contributed by atoms with E-state index in [0.717, 1.165) is 57.8 Å². The Kier molecular flexibility index (Phi) is 47.5. The largest absolute Gasteiger partial charge is 0.462 e. The van der Waals surface area contributed by atoms with Gasteiger partial charge in [-0.1, -0.05) is 245 Å². The van der Waals surface area contributed by atoms with Crippen molar-refractivity contribution in [1.29, 1.82) is 0 Å². The lowest BCUT2D eigenvalue weighted by atomic mass is 10.0. The van der Waals surface area contributed by atoms with Crippen LogP contribution < -0.4 is 5.32 Å². The highest BCUT2D eigenvalue weighted by Crippen LogP contribution is 2.18. The number of nitrogens with one attached hydrogen (secondary N) is 1. The lowest BCUT2D eigenvalue weighted by Gasteiger charge is -2.24. The maximum atomic E-state index is 13.2. The van der Waals surface area contributed by atoms with Crippen molar-refractivity contribution in [3.05, 3.63) is 12.2 Å². The van der Waals surface area contributed by atoms with E-state index in [0.29, 0.717) is 19.3 Å². The van der Waals surface area contributed by atoms with Gasteiger partial charge in [-0.25, -0.2) is 0 Å². The van der Waals surface area contributed by atoms with Crippen molar-refractivity contribution < 1.29 is 24.5 Å². The highest BCUT2D eigenvalue weighted by Gasteiger charge is 2.24. The van der Waals surface area contributed by atoms with E-state index < -0.39 is 18.2 Å². The van der Waals surface area contributed by atoms with E-state index in [1.807, 2.05) is 0 Å². The summed E-state index contributed by atoms with van der Waals surface area (Å²) in [5, 5.41) is 23.8. The molecule has 3 atom stereocenters. The minimum absolute atomic E-state index is 0.0789. The van der Waals surface area contributed by atoms with Gasteiger partial charge in [-0.15, -0.1) is 0 Å². The molecule has 0 aliphatic heterocycles. The lowest BCUT2D eigenvalue weighted by molar-refractivity contribution is -0.151. The van der Waals surface area contributed by atoms with E-state index in [1.165, 1.54) is 193 Å². The average Bonchev–Trinajstić information content (AvgIpc) is 3.24. The zero-order valence-corrected chi connectivity index (χ0v) is 40.6. The van der Waals surface area contributed by atoms with Crippen molar-refractivity contribution in [2.75, 3.05) is 6.61 Å². The van der Waals surface area contributed by atoms with Crippen molar-refractivity contribution in [1.82, 2.24) is 5.32 Å². The number of carbonyl (C=O) groups is 2. The van der Waals surface area contributed by atoms with Gasteiger partial charge in [-0.05, 0) is 51.4 Å². The Balaban J connectivity index is 4.50. The Morgan fingerprint density at radius 2 is 0.800 bits per heavy atom. The van der Waals surface area contributed by atoms with E-state index >= 15 is 0 Å². The molecule has 0 fully saturated rings. The van der Waals surface area contributed by atoms with Gasteiger partial charge in [-0.2, -0.15) is 0 Å². The van der Waals surface area contributed by atoms with Crippen molar-refractivity contribution in [3.8, 4) is 0 Å². The molecule has 6 heteroatoms. The number of unbranched alkanes of at least 4 members (excludes halogenated alkanes) is 35. The van der Waals surface area contributed by atoms with Gasteiger partial charge < -0.3 is 20.3 Å². The summed E-state index contributed by atoms with van der Waals surface area (Å²) >= 11 is 0. The van der Waals surface area contributed by atoms with E-state index in [-0.39, 0.29) is 24.9 Å². The van der Waals surface area contributed by atoms with Crippen LogP contribution in [0.25, 0.3) is 0 Å². The summed E-state index contributed by atoms with van der Waals surface area (Å²) in [4.78, 5) is 26.2. The number of allylic oxidation sites excluding steroid dienone is 2. The molecule has 0 bridgehead atoms. The van der Waals surface area contributed by atoms with E-state index in [2.05, 4.69) is 38.2 Å². The Morgan fingerprint density at radius 3 is 1.20 bits per heavy atom. The minimum atomic E-state index is -0.783. The summed E-state index contributed by atoms with van der Waals surface area (Å²) in [5.41, 5.74) is 0. The standard InChI is InChI=1S/C54H105NO5/c1-4-7-10-13-16-19-22-24-25-26-27-29-32-35-38-41-44-47-54(59)60-50(45-42-39-36-33-31-28-23-20-17-14-11-8-5-2)48-53(58)55-51(49-56)52(57)46-43-40-37-34-30-21-18-15-12-9-6-3/h20,23,50-52,56-57H,4-19,21-22,24-49H2,1-3H3,(H,55,58)/b23-20-. The first-order valence-corrected chi connectivity index (χ1v) is 26.9. The molecule has 0 aromatic heterocycles. The van der Waals surface area contributed by atoms with Crippen molar-refractivity contribution in [3.63, 3.8) is 0 Å². The molecule has 6 nitrogen and oxygen atoms in total. The second-order valence-electron chi connectivity index (χ2n) is 18.6. The third kappa shape index (κ3) is 43.3. The molecule has 0 heterocycles. The lowest BCUT2D eigenvalue weighted by Crippen LogP contribution is -2.46. The molecule has 0 spiro atoms. The average molecular weight is 848 g/mol. The number of hydrogen-bond donors (Lipinski definition) is 3. The highest BCUT2D eigenvalue weighted by atomic mass is 16.5. The molecule has 1 amide bonds. The van der Waals surface area contributed by atoms with Crippen LogP contribution in [0.1, 0.15) is 297 Å². The summed E-state index contributed by atoms with van der Waals surface area (Å²) < 4.78 is 5.94. The number of rotatable bonds is 49. The van der Waals surface area contributed by atoms with E-state index in [4.69, 9.17) is 4.74 Å². The van der Waals surface area contributed by atoms with Crippen LogP contribution in [0, 0.1) is 0 Å². The van der Waals surface area contributed by atoms with Crippen molar-refractivity contribution in [2.45, 2.75) is 315 Å². The number of amides is 1. The van der Waals surface area contributed by atoms with Crippen LogP contribution >= 0.6 is 0 Å². The quantitative estimate of drug-likeness (QED) is 0.0322. The molecule has 3 N–H and O–H groups in total. The molecule has 356 valence electrons. The van der Waals surface area contributed by atoms with Gasteiger partial charge >= 0.3 is 5.97 Å². The van der Waals surface area contributed by atoms with Crippen LogP contribution in [0.3, 0.4) is 0 Å². The van der Waals surface area contributed by atoms with E-state index in [9.17, 15) is 19.8 Å².